The zero-order valence-electron chi connectivity index (χ0n) is 13.2. The topological polar surface area (TPSA) is 107 Å². The third-order valence-corrected chi connectivity index (χ3v) is 5.20. The van der Waals surface area contributed by atoms with Crippen molar-refractivity contribution in [3.05, 3.63) is 27.7 Å². The van der Waals surface area contributed by atoms with Crippen molar-refractivity contribution < 1.29 is 20.1 Å². The fourth-order valence-electron chi connectivity index (χ4n) is 3.06. The van der Waals surface area contributed by atoms with Gasteiger partial charge in [-0.25, -0.2) is 0 Å². The smallest absolute Gasteiger partial charge is 0.253 e. The van der Waals surface area contributed by atoms with Crippen LogP contribution in [-0.4, -0.2) is 51.9 Å². The van der Waals surface area contributed by atoms with Gasteiger partial charge < -0.3 is 26.0 Å². The number of halogens is 2. The molecule has 0 spiro atoms. The number of hydrogen-bond donors (Lipinski definition) is 4. The number of carbonyl (C=O) groups excluding carboxylic acids is 1. The maximum atomic E-state index is 12.0. The van der Waals surface area contributed by atoms with Gasteiger partial charge in [0, 0.05) is 30.8 Å². The van der Waals surface area contributed by atoms with Crippen LogP contribution in [0.5, 0.6) is 5.75 Å². The fraction of sp³-hybridized carbons (Fsp3) is 0.562. The first kappa shape index (κ1) is 19.3. The molecule has 2 rings (SSSR count). The third-order valence-electron chi connectivity index (χ3n) is 4.48. The summed E-state index contributed by atoms with van der Waals surface area (Å²) in [7, 11) is 0. The summed E-state index contributed by atoms with van der Waals surface area (Å²) < 4.78 is 0. The van der Waals surface area contributed by atoms with Crippen LogP contribution in [0, 0.1) is 5.92 Å². The quantitative estimate of drug-likeness (QED) is 0.639. The summed E-state index contributed by atoms with van der Waals surface area (Å²) in [6, 6.07) is 2.52. The molecular formula is C16H22Cl2N2O4. The van der Waals surface area contributed by atoms with E-state index in [2.05, 4.69) is 0 Å². The average molecular weight is 377 g/mol. The molecule has 24 heavy (non-hydrogen) atoms. The number of hydrogen-bond acceptors (Lipinski definition) is 5. The number of phenols is 1. The van der Waals surface area contributed by atoms with Gasteiger partial charge in [0.2, 0.25) is 0 Å². The number of nitrogens with two attached hydrogens (primary N) is 1. The highest BCUT2D eigenvalue weighted by Crippen LogP contribution is 2.37. The number of benzene rings is 1. The third kappa shape index (κ3) is 4.32. The highest BCUT2D eigenvalue weighted by molar-refractivity contribution is 6.42. The summed E-state index contributed by atoms with van der Waals surface area (Å²) in [5, 5.41) is 29.1. The van der Waals surface area contributed by atoms with Crippen molar-refractivity contribution in [2.45, 2.75) is 31.4 Å². The standard InChI is InChI=1S/C16H22Cl2N2O4/c17-11-6-10(13(22)7-12(11)18)15(19)9-2-1-4-20(5-3-9)16(24)14(23)8-21/h6-7,9,14-15,21-23H,1-5,8,19H2/t9-,14-,15-/m1/s1. The Morgan fingerprint density at radius 3 is 2.62 bits per heavy atom. The number of aliphatic hydroxyl groups excluding tert-OH is 2. The number of aliphatic hydroxyl groups is 2. The van der Waals surface area contributed by atoms with Gasteiger partial charge in [-0.1, -0.05) is 23.2 Å². The molecule has 3 atom stereocenters. The molecule has 134 valence electrons. The number of carbonyl (C=O) groups is 1. The van der Waals surface area contributed by atoms with Gasteiger partial charge in [0.15, 0.2) is 6.10 Å². The Morgan fingerprint density at radius 1 is 1.29 bits per heavy atom. The largest absolute Gasteiger partial charge is 0.508 e. The number of aromatic hydroxyl groups is 1. The van der Waals surface area contributed by atoms with Gasteiger partial charge in [-0.15, -0.1) is 0 Å². The van der Waals surface area contributed by atoms with Crippen LogP contribution in [-0.2, 0) is 4.79 Å². The van der Waals surface area contributed by atoms with Crippen molar-refractivity contribution in [3.63, 3.8) is 0 Å². The van der Waals surface area contributed by atoms with Crippen LogP contribution in [0.25, 0.3) is 0 Å². The predicted octanol–water partition coefficient (Wildman–Crippen LogP) is 1.68. The molecule has 1 saturated heterocycles. The highest BCUT2D eigenvalue weighted by Gasteiger charge is 2.29. The van der Waals surface area contributed by atoms with Crippen molar-refractivity contribution in [2.75, 3.05) is 19.7 Å². The zero-order chi connectivity index (χ0) is 17.9. The second-order valence-electron chi connectivity index (χ2n) is 6.07. The lowest BCUT2D eigenvalue weighted by molar-refractivity contribution is -0.142. The van der Waals surface area contributed by atoms with Crippen molar-refractivity contribution in [1.82, 2.24) is 4.90 Å². The van der Waals surface area contributed by atoms with Crippen LogP contribution >= 0.6 is 23.2 Å². The van der Waals surface area contributed by atoms with E-state index in [-0.39, 0.29) is 16.7 Å². The molecule has 8 heteroatoms. The highest BCUT2D eigenvalue weighted by atomic mass is 35.5. The van der Waals surface area contributed by atoms with Crippen molar-refractivity contribution in [2.24, 2.45) is 11.7 Å². The Bertz CT molecular complexity index is 600. The second-order valence-corrected chi connectivity index (χ2v) is 6.88. The van der Waals surface area contributed by atoms with Crippen molar-refractivity contribution >= 4 is 29.1 Å². The molecule has 0 unspecified atom stereocenters. The normalized spacial score (nSPS) is 21.2. The Morgan fingerprint density at radius 2 is 1.96 bits per heavy atom. The molecule has 1 amide bonds. The first-order valence-electron chi connectivity index (χ1n) is 7.86. The summed E-state index contributed by atoms with van der Waals surface area (Å²) >= 11 is 11.9. The van der Waals surface area contributed by atoms with Gasteiger partial charge in [-0.3, -0.25) is 4.79 Å². The molecule has 0 aromatic heterocycles. The molecule has 1 aromatic carbocycles. The van der Waals surface area contributed by atoms with E-state index < -0.39 is 24.7 Å². The maximum Gasteiger partial charge on any atom is 0.253 e. The average Bonchev–Trinajstić information content (AvgIpc) is 2.82. The van der Waals surface area contributed by atoms with E-state index in [1.165, 1.54) is 6.07 Å². The minimum absolute atomic E-state index is 0.00443. The first-order valence-corrected chi connectivity index (χ1v) is 8.62. The van der Waals surface area contributed by atoms with E-state index in [1.54, 1.807) is 11.0 Å². The Labute approximate surface area is 150 Å². The lowest BCUT2D eigenvalue weighted by Gasteiger charge is -2.25. The zero-order valence-corrected chi connectivity index (χ0v) is 14.7. The SMILES string of the molecule is N[C@@H](c1cc(Cl)c(Cl)cc1O)[C@@H]1CCCN(C(=O)[C@H](O)CO)CC1. The number of nitrogens with zero attached hydrogens (tertiary/aromatic N) is 1. The summed E-state index contributed by atoms with van der Waals surface area (Å²) in [6.45, 7) is 0.359. The summed E-state index contributed by atoms with van der Waals surface area (Å²) in [6.07, 6.45) is 0.754. The molecule has 0 saturated carbocycles. The fourth-order valence-corrected chi connectivity index (χ4v) is 3.39. The predicted molar refractivity (Wildman–Crippen MR) is 92.1 cm³/mol. The molecule has 1 aliphatic rings. The van der Waals surface area contributed by atoms with Gasteiger partial charge in [0.25, 0.3) is 5.91 Å². The summed E-state index contributed by atoms with van der Waals surface area (Å²) in [5.74, 6) is -0.411. The van der Waals surface area contributed by atoms with E-state index in [0.717, 1.165) is 12.8 Å². The Hall–Kier alpha value is -1.05. The molecule has 6 nitrogen and oxygen atoms in total. The van der Waals surface area contributed by atoms with Crippen LogP contribution < -0.4 is 5.73 Å². The minimum Gasteiger partial charge on any atom is -0.508 e. The molecule has 1 aromatic rings. The number of phenolic OH excluding ortho intramolecular Hbond substituents is 1. The molecule has 1 aliphatic heterocycles. The molecule has 1 fully saturated rings. The molecule has 0 bridgehead atoms. The van der Waals surface area contributed by atoms with Gasteiger partial charge >= 0.3 is 0 Å². The van der Waals surface area contributed by atoms with Crippen molar-refractivity contribution in [1.29, 1.82) is 0 Å². The lowest BCUT2D eigenvalue weighted by Crippen LogP contribution is -2.41. The van der Waals surface area contributed by atoms with E-state index in [9.17, 15) is 15.0 Å². The van der Waals surface area contributed by atoms with E-state index in [0.29, 0.717) is 30.1 Å². The van der Waals surface area contributed by atoms with Gasteiger partial charge in [0.1, 0.15) is 5.75 Å². The van der Waals surface area contributed by atoms with Crippen LogP contribution in [0.1, 0.15) is 30.9 Å². The molecule has 1 heterocycles. The van der Waals surface area contributed by atoms with Gasteiger partial charge in [0.05, 0.1) is 16.7 Å². The number of rotatable bonds is 4. The molecule has 5 N–H and O–H groups in total. The van der Waals surface area contributed by atoms with Crippen LogP contribution in [0.3, 0.4) is 0 Å². The van der Waals surface area contributed by atoms with E-state index in [4.69, 9.17) is 34.0 Å². The summed E-state index contributed by atoms with van der Waals surface area (Å²) in [4.78, 5) is 13.5. The van der Waals surface area contributed by atoms with E-state index in [1.807, 2.05) is 0 Å². The molecule has 0 aliphatic carbocycles. The van der Waals surface area contributed by atoms with Gasteiger partial charge in [-0.05, 0) is 31.2 Å². The van der Waals surface area contributed by atoms with Crippen molar-refractivity contribution in [3.8, 4) is 5.75 Å². The number of likely N-dealkylation sites (tertiary alicyclic amines) is 1. The van der Waals surface area contributed by atoms with Crippen LogP contribution in [0.2, 0.25) is 10.0 Å². The maximum absolute atomic E-state index is 12.0. The molecule has 0 radical (unpaired) electrons. The summed E-state index contributed by atoms with van der Waals surface area (Å²) in [5.41, 5.74) is 6.84. The Balaban J connectivity index is 2.08. The van der Waals surface area contributed by atoms with Gasteiger partial charge in [-0.2, -0.15) is 0 Å². The lowest BCUT2D eigenvalue weighted by atomic mass is 9.87. The van der Waals surface area contributed by atoms with Crippen LogP contribution in [0.15, 0.2) is 12.1 Å². The first-order chi connectivity index (χ1) is 11.3. The minimum atomic E-state index is -1.38. The molecular weight excluding hydrogens is 355 g/mol. The van der Waals surface area contributed by atoms with Crippen LogP contribution in [0.4, 0.5) is 0 Å². The van der Waals surface area contributed by atoms with E-state index >= 15 is 0 Å². The number of amides is 1. The second kappa shape index (κ2) is 8.36. The Kier molecular flexibility index (Phi) is 6.71. The monoisotopic (exact) mass is 376 g/mol.